The van der Waals surface area contributed by atoms with Gasteiger partial charge in [0, 0.05) is 16.8 Å². The molecule has 0 aliphatic rings. The largest absolute Gasteiger partial charge is 0.493 e. The highest BCUT2D eigenvalue weighted by Gasteiger charge is 2.11. The third-order valence-corrected chi connectivity index (χ3v) is 3.25. The number of hydrogen-bond acceptors (Lipinski definition) is 5. The lowest BCUT2D eigenvalue weighted by molar-refractivity contribution is -0.120. The molecule has 0 aliphatic carbocycles. The first-order valence-corrected chi connectivity index (χ1v) is 6.85. The fraction of sp³-hybridized carbons (Fsp3) is 0.267. The van der Waals surface area contributed by atoms with Crippen LogP contribution in [0.3, 0.4) is 0 Å². The number of hydrazone groups is 1. The van der Waals surface area contributed by atoms with Gasteiger partial charge in [0.1, 0.15) is 0 Å². The zero-order chi connectivity index (χ0) is 16.8. The number of carbonyl (C=O) groups excluding carboxylic acids is 1. The number of benzene rings is 1. The molecule has 0 unspecified atom stereocenters. The number of methoxy groups -OCH3 is 2. The summed E-state index contributed by atoms with van der Waals surface area (Å²) in [5, 5.41) is 8.97. The molecule has 23 heavy (non-hydrogen) atoms. The molecule has 2 rings (SSSR count). The van der Waals surface area contributed by atoms with Crippen molar-refractivity contribution in [3.8, 4) is 11.5 Å². The van der Waals surface area contributed by atoms with Crippen molar-refractivity contribution in [1.82, 2.24) is 15.6 Å². The van der Waals surface area contributed by atoms with Crippen LogP contribution in [0.5, 0.6) is 11.5 Å². The van der Waals surface area contributed by atoms with Crippen LogP contribution in [-0.2, 0) is 11.2 Å². The molecule has 1 aromatic heterocycles. The van der Waals surface area contributed by atoms with E-state index >= 15 is 0 Å². The standard InChI is InChI=1S/C15H18N4O4/c1-9-11(15(21)19-17-9)7-13(20)18-16-8-10-5-4-6-12(22-2)14(10)23-3/h4-6,8H,7H2,1-3H3,(H,18,20)(H2,17,19,21). The third-order valence-electron chi connectivity index (χ3n) is 3.25. The van der Waals surface area contributed by atoms with E-state index in [2.05, 4.69) is 20.7 Å². The third kappa shape index (κ3) is 3.79. The van der Waals surface area contributed by atoms with Crippen LogP contribution < -0.4 is 20.5 Å². The SMILES string of the molecule is COc1cccc(C=NNC(=O)Cc2c(C)[nH][nH]c2=O)c1OC. The predicted octanol–water partition coefficient (Wildman–Crippen LogP) is 0.721. The minimum Gasteiger partial charge on any atom is -0.493 e. The summed E-state index contributed by atoms with van der Waals surface area (Å²) in [4.78, 5) is 23.3. The van der Waals surface area contributed by atoms with Gasteiger partial charge in [0.05, 0.1) is 26.9 Å². The number of aromatic nitrogens is 2. The van der Waals surface area contributed by atoms with E-state index in [4.69, 9.17) is 9.47 Å². The molecule has 1 heterocycles. The number of hydrogen-bond donors (Lipinski definition) is 3. The Labute approximate surface area is 132 Å². The maximum absolute atomic E-state index is 11.8. The van der Waals surface area contributed by atoms with Crippen LogP contribution in [-0.4, -0.2) is 36.5 Å². The van der Waals surface area contributed by atoms with Crippen LogP contribution in [0.4, 0.5) is 0 Å². The van der Waals surface area contributed by atoms with E-state index in [1.165, 1.54) is 20.4 Å². The van der Waals surface area contributed by atoms with Gasteiger partial charge in [-0.1, -0.05) is 6.07 Å². The van der Waals surface area contributed by atoms with Gasteiger partial charge in [0.25, 0.3) is 5.56 Å². The van der Waals surface area contributed by atoms with E-state index in [1.54, 1.807) is 25.1 Å². The average molecular weight is 318 g/mol. The Morgan fingerprint density at radius 2 is 2.09 bits per heavy atom. The summed E-state index contributed by atoms with van der Waals surface area (Å²) < 4.78 is 10.4. The topological polar surface area (TPSA) is 109 Å². The maximum Gasteiger partial charge on any atom is 0.267 e. The molecule has 8 nitrogen and oxygen atoms in total. The zero-order valence-electron chi connectivity index (χ0n) is 13.1. The van der Waals surface area contributed by atoms with Crippen LogP contribution in [0.1, 0.15) is 16.8 Å². The number of nitrogens with one attached hydrogen (secondary N) is 3. The second-order valence-corrected chi connectivity index (χ2v) is 4.74. The quantitative estimate of drug-likeness (QED) is 0.538. The van der Waals surface area contributed by atoms with Gasteiger partial charge in [-0.3, -0.25) is 14.7 Å². The fourth-order valence-electron chi connectivity index (χ4n) is 2.07. The molecule has 0 aliphatic heterocycles. The summed E-state index contributed by atoms with van der Waals surface area (Å²) >= 11 is 0. The highest BCUT2D eigenvalue weighted by atomic mass is 16.5. The highest BCUT2D eigenvalue weighted by Crippen LogP contribution is 2.29. The van der Waals surface area contributed by atoms with Crippen molar-refractivity contribution in [3.63, 3.8) is 0 Å². The van der Waals surface area contributed by atoms with Gasteiger partial charge in [-0.25, -0.2) is 5.43 Å². The minimum atomic E-state index is -0.392. The smallest absolute Gasteiger partial charge is 0.267 e. The minimum absolute atomic E-state index is 0.0583. The lowest BCUT2D eigenvalue weighted by atomic mass is 10.2. The number of H-pyrrole nitrogens is 2. The van der Waals surface area contributed by atoms with E-state index in [0.717, 1.165) is 0 Å². The molecule has 0 spiro atoms. The van der Waals surface area contributed by atoms with Crippen molar-refractivity contribution in [1.29, 1.82) is 0 Å². The number of amides is 1. The summed E-state index contributed by atoms with van der Waals surface area (Å²) in [6, 6.07) is 5.32. The summed E-state index contributed by atoms with van der Waals surface area (Å²) in [7, 11) is 3.06. The highest BCUT2D eigenvalue weighted by molar-refractivity contribution is 5.86. The van der Waals surface area contributed by atoms with Gasteiger partial charge in [-0.15, -0.1) is 0 Å². The van der Waals surface area contributed by atoms with Gasteiger partial charge in [0.15, 0.2) is 11.5 Å². The first-order valence-electron chi connectivity index (χ1n) is 6.85. The van der Waals surface area contributed by atoms with Crippen molar-refractivity contribution < 1.29 is 14.3 Å². The van der Waals surface area contributed by atoms with Gasteiger partial charge in [-0.2, -0.15) is 5.10 Å². The van der Waals surface area contributed by atoms with Gasteiger partial charge in [0.2, 0.25) is 5.91 Å². The second kappa shape index (κ2) is 7.30. The Kier molecular flexibility index (Phi) is 5.19. The van der Waals surface area contributed by atoms with Crippen LogP contribution in [0.2, 0.25) is 0 Å². The number of carbonyl (C=O) groups is 1. The Bertz CT molecular complexity index is 776. The molecule has 8 heteroatoms. The number of nitrogens with zero attached hydrogens (tertiary/aromatic N) is 1. The average Bonchev–Trinajstić information content (AvgIpc) is 2.86. The molecule has 0 bridgehead atoms. The molecule has 0 fully saturated rings. The van der Waals surface area contributed by atoms with Crippen molar-refractivity contribution >= 4 is 12.1 Å². The summed E-state index contributed by atoms with van der Waals surface area (Å²) in [5.41, 5.74) is 3.74. The first kappa shape index (κ1) is 16.3. The van der Waals surface area contributed by atoms with Crippen LogP contribution in [0.15, 0.2) is 28.1 Å². The number of aryl methyl sites for hydroxylation is 1. The molecule has 122 valence electrons. The Hall–Kier alpha value is -3.03. The Balaban J connectivity index is 2.05. The number of rotatable bonds is 6. The summed E-state index contributed by atoms with van der Waals surface area (Å²) in [6.07, 6.45) is 1.39. The maximum atomic E-state index is 11.8. The molecular formula is C15H18N4O4. The van der Waals surface area contributed by atoms with E-state index < -0.39 is 5.91 Å². The van der Waals surface area contributed by atoms with Gasteiger partial charge in [-0.05, 0) is 19.1 Å². The van der Waals surface area contributed by atoms with Crippen molar-refractivity contribution in [2.45, 2.75) is 13.3 Å². The van der Waals surface area contributed by atoms with Crippen molar-refractivity contribution in [3.05, 3.63) is 45.4 Å². The molecule has 0 saturated carbocycles. The van der Waals surface area contributed by atoms with E-state index in [0.29, 0.717) is 28.3 Å². The molecule has 0 saturated heterocycles. The number of ether oxygens (including phenoxy) is 2. The van der Waals surface area contributed by atoms with Gasteiger partial charge >= 0.3 is 0 Å². The molecule has 3 N–H and O–H groups in total. The number of aromatic amines is 2. The van der Waals surface area contributed by atoms with Gasteiger partial charge < -0.3 is 14.6 Å². The molecule has 0 atom stereocenters. The predicted molar refractivity (Wildman–Crippen MR) is 85.1 cm³/mol. The Morgan fingerprint density at radius 3 is 2.70 bits per heavy atom. The Morgan fingerprint density at radius 1 is 1.30 bits per heavy atom. The normalized spacial score (nSPS) is 10.7. The molecule has 1 aromatic carbocycles. The molecule has 0 radical (unpaired) electrons. The molecular weight excluding hydrogens is 300 g/mol. The van der Waals surface area contributed by atoms with E-state index in [9.17, 15) is 9.59 Å². The second-order valence-electron chi connectivity index (χ2n) is 4.74. The first-order chi connectivity index (χ1) is 11.1. The lowest BCUT2D eigenvalue weighted by Crippen LogP contribution is -2.23. The van der Waals surface area contributed by atoms with Crippen molar-refractivity contribution in [2.75, 3.05) is 14.2 Å². The molecule has 2 aromatic rings. The van der Waals surface area contributed by atoms with E-state index in [-0.39, 0.29) is 12.0 Å². The van der Waals surface area contributed by atoms with E-state index in [1.807, 2.05) is 0 Å². The van der Waals surface area contributed by atoms with Crippen LogP contribution >= 0.6 is 0 Å². The van der Waals surface area contributed by atoms with Crippen molar-refractivity contribution in [2.24, 2.45) is 5.10 Å². The molecule has 1 amide bonds. The zero-order valence-corrected chi connectivity index (χ0v) is 13.1. The van der Waals surface area contributed by atoms with Crippen LogP contribution in [0, 0.1) is 6.92 Å². The lowest BCUT2D eigenvalue weighted by Gasteiger charge is -2.09. The number of para-hydroxylation sites is 1. The monoisotopic (exact) mass is 318 g/mol. The fourth-order valence-corrected chi connectivity index (χ4v) is 2.07. The van der Waals surface area contributed by atoms with Crippen LogP contribution in [0.25, 0.3) is 0 Å². The summed E-state index contributed by atoms with van der Waals surface area (Å²) in [5.74, 6) is 0.694. The summed E-state index contributed by atoms with van der Waals surface area (Å²) in [6.45, 7) is 1.71.